The lowest BCUT2D eigenvalue weighted by molar-refractivity contribution is 0.186. The number of fused-ring (bicyclic) bond motifs is 4. The lowest BCUT2D eigenvalue weighted by Crippen LogP contribution is -2.49. The third-order valence-corrected chi connectivity index (χ3v) is 9.66. The first-order valence-electron chi connectivity index (χ1n) is 10.8. The van der Waals surface area contributed by atoms with Crippen molar-refractivity contribution in [3.8, 4) is 11.1 Å². The van der Waals surface area contributed by atoms with Gasteiger partial charge >= 0.3 is 0 Å². The van der Waals surface area contributed by atoms with Gasteiger partial charge < -0.3 is 9.47 Å². The first kappa shape index (κ1) is 21.6. The smallest absolute Gasteiger partial charge is 0.258 e. The molecule has 2 aliphatic heterocycles. The minimum absolute atomic E-state index is 0.0259. The summed E-state index contributed by atoms with van der Waals surface area (Å²) in [6.45, 7) is 2.21. The maximum Gasteiger partial charge on any atom is 0.258 e. The summed E-state index contributed by atoms with van der Waals surface area (Å²) in [7, 11) is 0.561. The monoisotopic (exact) mass is 469 g/mol. The molecule has 0 spiro atoms. The zero-order valence-corrected chi connectivity index (χ0v) is 19.9. The molecule has 2 atom stereocenters. The van der Waals surface area contributed by atoms with Crippen molar-refractivity contribution in [3.63, 3.8) is 0 Å². The highest BCUT2D eigenvalue weighted by Gasteiger charge is 2.40. The summed E-state index contributed by atoms with van der Waals surface area (Å²) in [6.07, 6.45) is 0.923. The average molecular weight is 470 g/mol. The van der Waals surface area contributed by atoms with Crippen LogP contribution in [-0.2, 0) is 23.1 Å². The maximum atomic E-state index is 13.6. The van der Waals surface area contributed by atoms with Gasteiger partial charge in [-0.2, -0.15) is 4.31 Å². The predicted octanol–water partition coefficient (Wildman–Crippen LogP) is 3.45. The minimum atomic E-state index is -3.48. The normalized spacial score (nSPS) is 21.0. The Bertz CT molecular complexity index is 1300. The number of sulfonamides is 1. The summed E-state index contributed by atoms with van der Waals surface area (Å²) in [5.41, 5.74) is 3.79. The van der Waals surface area contributed by atoms with Crippen molar-refractivity contribution < 1.29 is 8.42 Å². The number of rotatable bonds is 5. The Morgan fingerprint density at radius 1 is 1.00 bits per heavy atom. The lowest BCUT2D eigenvalue weighted by atomic mass is 9.83. The standard InChI is InChI=1S/C24H27N3O3S2/c1-25(2)15-18-6-3-4-7-20(18)21-9-10-22-19-12-17(14-27(22)24(21)28)13-26(16-19)32(29,30)23-8-5-11-31-23/h3-11,17,19H,12-16H2,1-2H3/t17-,19-/m1/s1. The summed E-state index contributed by atoms with van der Waals surface area (Å²) in [6, 6.07) is 15.5. The van der Waals surface area contributed by atoms with Crippen LogP contribution < -0.4 is 5.56 Å². The van der Waals surface area contributed by atoms with E-state index in [4.69, 9.17) is 0 Å². The van der Waals surface area contributed by atoms with Gasteiger partial charge in [0.2, 0.25) is 0 Å². The summed E-state index contributed by atoms with van der Waals surface area (Å²) < 4.78 is 30.1. The average Bonchev–Trinajstić information content (AvgIpc) is 3.31. The van der Waals surface area contributed by atoms with Gasteiger partial charge in [0.25, 0.3) is 15.6 Å². The van der Waals surface area contributed by atoms with Gasteiger partial charge in [-0.1, -0.05) is 30.3 Å². The zero-order chi connectivity index (χ0) is 22.5. The Balaban J connectivity index is 1.51. The van der Waals surface area contributed by atoms with Crippen LogP contribution in [0.15, 0.2) is 62.9 Å². The van der Waals surface area contributed by atoms with E-state index in [1.54, 1.807) is 21.8 Å². The summed E-state index contributed by atoms with van der Waals surface area (Å²) in [4.78, 5) is 15.7. The Hall–Kier alpha value is -2.26. The van der Waals surface area contributed by atoms with Crippen molar-refractivity contribution in [2.75, 3.05) is 27.2 Å². The Labute approximate surface area is 192 Å². The number of nitrogens with zero attached hydrogens (tertiary/aromatic N) is 3. The fraction of sp³-hybridized carbons (Fsp3) is 0.375. The van der Waals surface area contributed by atoms with Crippen molar-refractivity contribution >= 4 is 21.4 Å². The highest BCUT2D eigenvalue weighted by molar-refractivity contribution is 7.91. The zero-order valence-electron chi connectivity index (χ0n) is 18.3. The molecule has 0 saturated carbocycles. The number of benzene rings is 1. The van der Waals surface area contributed by atoms with Gasteiger partial charge in [-0.25, -0.2) is 8.42 Å². The van der Waals surface area contributed by atoms with E-state index in [-0.39, 0.29) is 17.4 Å². The molecule has 2 aromatic heterocycles. The molecule has 2 aliphatic rings. The molecular formula is C24H27N3O3S2. The Morgan fingerprint density at radius 3 is 2.56 bits per heavy atom. The second kappa shape index (κ2) is 8.26. The largest absolute Gasteiger partial charge is 0.311 e. The third kappa shape index (κ3) is 3.75. The summed E-state index contributed by atoms with van der Waals surface area (Å²) in [5.74, 6) is 0.178. The van der Waals surface area contributed by atoms with E-state index in [0.29, 0.717) is 29.4 Å². The molecular weight excluding hydrogens is 442 g/mol. The minimum Gasteiger partial charge on any atom is -0.311 e. The van der Waals surface area contributed by atoms with Crippen molar-refractivity contribution in [1.29, 1.82) is 0 Å². The number of hydrogen-bond acceptors (Lipinski definition) is 5. The SMILES string of the molecule is CN(C)Cc1ccccc1-c1ccc2n(c1=O)C[C@@H]1C[C@@H]2CN(S(=O)(=O)c2cccs2)C1. The van der Waals surface area contributed by atoms with Crippen LogP contribution in [0, 0.1) is 5.92 Å². The van der Waals surface area contributed by atoms with Crippen molar-refractivity contribution in [3.05, 3.63) is 75.5 Å². The van der Waals surface area contributed by atoms with Crippen molar-refractivity contribution in [1.82, 2.24) is 13.8 Å². The fourth-order valence-corrected chi connectivity index (χ4v) is 7.81. The molecule has 5 rings (SSSR count). The van der Waals surface area contributed by atoms with Crippen LogP contribution in [0.2, 0.25) is 0 Å². The van der Waals surface area contributed by atoms with Gasteiger partial charge in [0.15, 0.2) is 0 Å². The van der Waals surface area contributed by atoms with Gasteiger partial charge in [0.05, 0.1) is 0 Å². The molecule has 0 unspecified atom stereocenters. The maximum absolute atomic E-state index is 13.6. The van der Waals surface area contributed by atoms with Crippen LogP contribution in [0.4, 0.5) is 0 Å². The summed E-state index contributed by atoms with van der Waals surface area (Å²) in [5, 5.41) is 1.79. The first-order chi connectivity index (χ1) is 15.3. The van der Waals surface area contributed by atoms with Crippen LogP contribution in [0.3, 0.4) is 0 Å². The quantitative estimate of drug-likeness (QED) is 0.574. The van der Waals surface area contributed by atoms with E-state index in [1.165, 1.54) is 11.3 Å². The van der Waals surface area contributed by atoms with E-state index in [1.807, 2.05) is 49.0 Å². The highest BCUT2D eigenvalue weighted by Crippen LogP contribution is 2.38. The molecule has 0 radical (unpaired) electrons. The lowest BCUT2D eigenvalue weighted by Gasteiger charge is -2.42. The second-order valence-electron chi connectivity index (χ2n) is 9.04. The highest BCUT2D eigenvalue weighted by atomic mass is 32.2. The van der Waals surface area contributed by atoms with E-state index < -0.39 is 10.0 Å². The molecule has 3 aromatic rings. The van der Waals surface area contributed by atoms with Crippen LogP contribution in [0.5, 0.6) is 0 Å². The molecule has 32 heavy (non-hydrogen) atoms. The molecule has 1 fully saturated rings. The number of aromatic nitrogens is 1. The molecule has 168 valence electrons. The van der Waals surface area contributed by atoms with E-state index in [0.717, 1.165) is 29.8 Å². The second-order valence-corrected chi connectivity index (χ2v) is 12.1. The summed E-state index contributed by atoms with van der Waals surface area (Å²) >= 11 is 1.26. The molecule has 0 N–H and O–H groups in total. The van der Waals surface area contributed by atoms with Gasteiger partial charge in [0.1, 0.15) is 4.21 Å². The molecule has 6 nitrogen and oxygen atoms in total. The molecule has 4 heterocycles. The number of pyridine rings is 1. The van der Waals surface area contributed by atoms with Gasteiger partial charge in [-0.05, 0) is 61.1 Å². The van der Waals surface area contributed by atoms with Crippen LogP contribution in [0.1, 0.15) is 23.6 Å². The molecule has 1 aromatic carbocycles. The van der Waals surface area contributed by atoms with E-state index >= 15 is 0 Å². The van der Waals surface area contributed by atoms with Gasteiger partial charge in [-0.3, -0.25) is 4.79 Å². The first-order valence-corrected chi connectivity index (χ1v) is 13.2. The van der Waals surface area contributed by atoms with Gasteiger partial charge in [0, 0.05) is 43.4 Å². The van der Waals surface area contributed by atoms with Crippen LogP contribution in [-0.4, -0.2) is 49.4 Å². The third-order valence-electron chi connectivity index (χ3n) is 6.45. The molecule has 2 bridgehead atoms. The fourth-order valence-electron chi connectivity index (χ4n) is 5.10. The van der Waals surface area contributed by atoms with Gasteiger partial charge in [-0.15, -0.1) is 11.3 Å². The number of piperidine rings is 1. The van der Waals surface area contributed by atoms with E-state index in [2.05, 4.69) is 11.0 Å². The Morgan fingerprint density at radius 2 is 1.81 bits per heavy atom. The van der Waals surface area contributed by atoms with Crippen molar-refractivity contribution in [2.45, 2.75) is 29.6 Å². The molecule has 8 heteroatoms. The molecule has 0 aliphatic carbocycles. The van der Waals surface area contributed by atoms with Crippen molar-refractivity contribution in [2.24, 2.45) is 5.92 Å². The topological polar surface area (TPSA) is 62.6 Å². The van der Waals surface area contributed by atoms with Crippen LogP contribution >= 0.6 is 11.3 Å². The number of hydrogen-bond donors (Lipinski definition) is 0. The predicted molar refractivity (Wildman–Crippen MR) is 127 cm³/mol. The molecule has 1 saturated heterocycles. The number of thiophene rings is 1. The van der Waals surface area contributed by atoms with E-state index in [9.17, 15) is 13.2 Å². The molecule has 0 amide bonds. The van der Waals surface area contributed by atoms with Crippen LogP contribution in [0.25, 0.3) is 11.1 Å². The Kier molecular flexibility index (Phi) is 5.57.